The summed E-state index contributed by atoms with van der Waals surface area (Å²) < 4.78 is 11.4. The van der Waals surface area contributed by atoms with Crippen molar-refractivity contribution in [2.24, 2.45) is 0 Å². The molecule has 0 radical (unpaired) electrons. The molecule has 1 saturated heterocycles. The lowest BCUT2D eigenvalue weighted by molar-refractivity contribution is -0.392. The molecule has 0 aliphatic carbocycles. The van der Waals surface area contributed by atoms with Crippen LogP contribution in [0.3, 0.4) is 0 Å². The van der Waals surface area contributed by atoms with Crippen LogP contribution >= 0.6 is 0 Å². The highest BCUT2D eigenvalue weighted by atomic mass is 16.7. The van der Waals surface area contributed by atoms with Gasteiger partial charge in [-0.25, -0.2) is 14.3 Å². The summed E-state index contributed by atoms with van der Waals surface area (Å²) in [6, 6.07) is 0. The fourth-order valence-corrected chi connectivity index (χ4v) is 2.33. The average Bonchev–Trinajstić information content (AvgIpc) is 2.88. The van der Waals surface area contributed by atoms with Gasteiger partial charge in [-0.2, -0.15) is 0 Å². The van der Waals surface area contributed by atoms with E-state index < -0.39 is 41.6 Å². The standard InChI is InChI=1S/C12H17N3O9/c1-5-13-4-6(15(21)22)14(5)2-3-23-12-9(18)7(16)8(17)10(24-12)11(19)20/h4,7-10,12,16-18H,2-3H2,1H3,(H,19,20)/t7-,8-,9+,10+,12+/m1/s1. The van der Waals surface area contributed by atoms with Crippen LogP contribution in [0.5, 0.6) is 0 Å². The first-order valence-corrected chi connectivity index (χ1v) is 6.94. The highest BCUT2D eigenvalue weighted by Crippen LogP contribution is 2.22. The fourth-order valence-electron chi connectivity index (χ4n) is 2.33. The van der Waals surface area contributed by atoms with E-state index in [0.29, 0.717) is 5.82 Å². The number of nitrogens with zero attached hydrogens (tertiary/aromatic N) is 3. The topological polar surface area (TPSA) is 177 Å². The molecular formula is C12H17N3O9. The number of aromatic nitrogens is 2. The lowest BCUT2D eigenvalue weighted by Crippen LogP contribution is -2.60. The van der Waals surface area contributed by atoms with E-state index in [-0.39, 0.29) is 19.0 Å². The molecule has 0 bridgehead atoms. The van der Waals surface area contributed by atoms with E-state index in [4.69, 9.17) is 14.6 Å². The number of carboxylic acids is 1. The van der Waals surface area contributed by atoms with E-state index in [9.17, 15) is 30.2 Å². The molecule has 2 rings (SSSR count). The monoisotopic (exact) mass is 347 g/mol. The molecule has 0 spiro atoms. The Hall–Kier alpha value is -2.12. The second-order valence-electron chi connectivity index (χ2n) is 5.18. The third-order valence-electron chi connectivity index (χ3n) is 3.63. The summed E-state index contributed by atoms with van der Waals surface area (Å²) in [6.07, 6.45) is -7.44. The first-order valence-electron chi connectivity index (χ1n) is 6.94. The zero-order valence-corrected chi connectivity index (χ0v) is 12.6. The Kier molecular flexibility index (Phi) is 5.46. The van der Waals surface area contributed by atoms with Gasteiger partial charge in [0.2, 0.25) is 0 Å². The van der Waals surface area contributed by atoms with Gasteiger partial charge in [0.1, 0.15) is 31.1 Å². The molecule has 2 heterocycles. The molecule has 5 atom stereocenters. The molecule has 1 aliphatic heterocycles. The maximum atomic E-state index is 11.0. The average molecular weight is 347 g/mol. The van der Waals surface area contributed by atoms with Crippen LogP contribution in [-0.4, -0.2) is 78.2 Å². The number of hydrogen-bond acceptors (Lipinski definition) is 9. The van der Waals surface area contributed by atoms with E-state index in [1.54, 1.807) is 6.92 Å². The van der Waals surface area contributed by atoms with E-state index in [0.717, 1.165) is 6.20 Å². The number of aliphatic hydroxyl groups excluding tert-OH is 3. The van der Waals surface area contributed by atoms with Crippen molar-refractivity contribution in [1.29, 1.82) is 0 Å². The maximum absolute atomic E-state index is 11.0. The normalized spacial score (nSPS) is 30.2. The van der Waals surface area contributed by atoms with Gasteiger partial charge in [0.15, 0.2) is 18.2 Å². The largest absolute Gasteiger partial charge is 0.479 e. The Morgan fingerprint density at radius 1 is 1.42 bits per heavy atom. The first-order chi connectivity index (χ1) is 11.2. The van der Waals surface area contributed by atoms with Gasteiger partial charge < -0.3 is 40.0 Å². The summed E-state index contributed by atoms with van der Waals surface area (Å²) in [7, 11) is 0. The maximum Gasteiger partial charge on any atom is 0.342 e. The van der Waals surface area contributed by atoms with Crippen molar-refractivity contribution in [2.45, 2.75) is 44.2 Å². The molecular weight excluding hydrogens is 330 g/mol. The van der Waals surface area contributed by atoms with Crippen molar-refractivity contribution in [3.63, 3.8) is 0 Å². The van der Waals surface area contributed by atoms with Gasteiger partial charge in [-0.1, -0.05) is 0 Å². The van der Waals surface area contributed by atoms with Crippen molar-refractivity contribution >= 4 is 11.8 Å². The number of carbonyl (C=O) groups is 1. The number of aliphatic carboxylic acids is 1. The Labute approximate surface area is 135 Å². The van der Waals surface area contributed by atoms with Crippen molar-refractivity contribution in [3.05, 3.63) is 22.1 Å². The van der Waals surface area contributed by atoms with Crippen LogP contribution in [0.1, 0.15) is 5.82 Å². The van der Waals surface area contributed by atoms with Crippen LogP contribution in [0, 0.1) is 17.0 Å². The minimum absolute atomic E-state index is 0.00882. The number of carboxylic acid groups (broad SMARTS) is 1. The van der Waals surface area contributed by atoms with Crippen molar-refractivity contribution in [1.82, 2.24) is 9.55 Å². The minimum atomic E-state index is -1.81. The van der Waals surface area contributed by atoms with E-state index in [1.165, 1.54) is 4.57 Å². The van der Waals surface area contributed by atoms with Gasteiger partial charge in [-0.3, -0.25) is 0 Å². The molecule has 0 unspecified atom stereocenters. The predicted octanol–water partition coefficient (Wildman–Crippen LogP) is -1.99. The Morgan fingerprint density at radius 3 is 2.67 bits per heavy atom. The van der Waals surface area contributed by atoms with Crippen LogP contribution in [0.15, 0.2) is 6.20 Å². The second-order valence-corrected chi connectivity index (χ2v) is 5.18. The Morgan fingerprint density at radius 2 is 2.08 bits per heavy atom. The number of ether oxygens (including phenoxy) is 2. The SMILES string of the molecule is Cc1ncc([N+](=O)[O-])n1CCO[C@H]1O[C@H](C(=O)O)[C@H](O)[C@@H](O)[C@@H]1O. The molecule has 4 N–H and O–H groups in total. The van der Waals surface area contributed by atoms with Gasteiger partial charge in [0, 0.05) is 6.92 Å². The van der Waals surface area contributed by atoms with Crippen molar-refractivity contribution in [3.8, 4) is 0 Å². The molecule has 1 fully saturated rings. The predicted molar refractivity (Wildman–Crippen MR) is 73.9 cm³/mol. The van der Waals surface area contributed by atoms with Crippen LogP contribution in [0.2, 0.25) is 0 Å². The highest BCUT2D eigenvalue weighted by molar-refractivity contribution is 5.73. The molecule has 24 heavy (non-hydrogen) atoms. The number of aryl methyl sites for hydroxylation is 1. The van der Waals surface area contributed by atoms with E-state index >= 15 is 0 Å². The molecule has 1 aromatic rings. The van der Waals surface area contributed by atoms with E-state index in [1.807, 2.05) is 0 Å². The Balaban J connectivity index is 2.00. The minimum Gasteiger partial charge on any atom is -0.479 e. The quantitative estimate of drug-likeness (QED) is 0.332. The zero-order chi connectivity index (χ0) is 18.0. The number of nitro groups is 1. The first kappa shape index (κ1) is 18.2. The van der Waals surface area contributed by atoms with Gasteiger partial charge >= 0.3 is 11.8 Å². The van der Waals surface area contributed by atoms with Crippen LogP contribution in [0.25, 0.3) is 0 Å². The van der Waals surface area contributed by atoms with Gasteiger partial charge in [-0.05, 0) is 4.92 Å². The number of rotatable bonds is 6. The number of aliphatic hydroxyl groups is 3. The Bertz CT molecular complexity index is 619. The van der Waals surface area contributed by atoms with Gasteiger partial charge in [-0.15, -0.1) is 0 Å². The third kappa shape index (κ3) is 3.52. The van der Waals surface area contributed by atoms with Crippen LogP contribution in [0.4, 0.5) is 5.82 Å². The summed E-state index contributed by atoms with van der Waals surface area (Å²) in [5.74, 6) is -1.41. The van der Waals surface area contributed by atoms with Crippen LogP contribution < -0.4 is 0 Å². The molecule has 0 aromatic carbocycles. The lowest BCUT2D eigenvalue weighted by Gasteiger charge is -2.38. The second kappa shape index (κ2) is 7.19. The molecule has 0 amide bonds. The number of hydrogen-bond donors (Lipinski definition) is 4. The van der Waals surface area contributed by atoms with Gasteiger partial charge in [0.25, 0.3) is 0 Å². The molecule has 12 nitrogen and oxygen atoms in total. The zero-order valence-electron chi connectivity index (χ0n) is 12.6. The molecule has 134 valence electrons. The summed E-state index contributed by atoms with van der Waals surface area (Å²) in [5.41, 5.74) is 0. The van der Waals surface area contributed by atoms with Gasteiger partial charge in [0.05, 0.1) is 6.61 Å². The number of imidazole rings is 1. The molecule has 0 saturated carbocycles. The van der Waals surface area contributed by atoms with Crippen molar-refractivity contribution < 1.29 is 39.6 Å². The lowest BCUT2D eigenvalue weighted by atomic mass is 9.99. The van der Waals surface area contributed by atoms with Crippen molar-refractivity contribution in [2.75, 3.05) is 6.61 Å². The fraction of sp³-hybridized carbons (Fsp3) is 0.667. The summed E-state index contributed by atoms with van der Waals surface area (Å²) in [4.78, 5) is 25.0. The molecule has 12 heteroatoms. The summed E-state index contributed by atoms with van der Waals surface area (Å²) in [5, 5.41) is 48.8. The van der Waals surface area contributed by atoms with E-state index in [2.05, 4.69) is 4.98 Å². The molecule has 1 aromatic heterocycles. The van der Waals surface area contributed by atoms with Crippen LogP contribution in [-0.2, 0) is 20.8 Å². The molecule has 1 aliphatic rings. The summed E-state index contributed by atoms with van der Waals surface area (Å²) >= 11 is 0. The summed E-state index contributed by atoms with van der Waals surface area (Å²) in [6.45, 7) is 1.36. The highest BCUT2D eigenvalue weighted by Gasteiger charge is 2.47. The smallest absolute Gasteiger partial charge is 0.342 e. The third-order valence-corrected chi connectivity index (χ3v) is 3.63.